The van der Waals surface area contributed by atoms with Crippen molar-refractivity contribution in [2.45, 2.75) is 23.7 Å². The summed E-state index contributed by atoms with van der Waals surface area (Å²) in [6, 6.07) is 35.7. The quantitative estimate of drug-likeness (QED) is 0.0823. The van der Waals surface area contributed by atoms with Crippen molar-refractivity contribution in [2.75, 3.05) is 0 Å². The van der Waals surface area contributed by atoms with E-state index in [1.807, 2.05) is 18.3 Å². The van der Waals surface area contributed by atoms with Crippen molar-refractivity contribution < 1.29 is 0 Å². The minimum absolute atomic E-state index is 0.232. The van der Waals surface area contributed by atoms with Gasteiger partial charge in [-0.25, -0.2) is 0 Å². The van der Waals surface area contributed by atoms with Crippen LogP contribution in [0.3, 0.4) is 0 Å². The Morgan fingerprint density at radius 2 is 1.36 bits per heavy atom. The van der Waals surface area contributed by atoms with Crippen LogP contribution in [0.15, 0.2) is 145 Å². The number of aromatic nitrogens is 1. The summed E-state index contributed by atoms with van der Waals surface area (Å²) in [7, 11) is 0. The van der Waals surface area contributed by atoms with Crippen LogP contribution in [0.5, 0.6) is 0 Å². The molecule has 44 heavy (non-hydrogen) atoms. The molecule has 0 amide bonds. The van der Waals surface area contributed by atoms with E-state index >= 15 is 0 Å². The summed E-state index contributed by atoms with van der Waals surface area (Å²) < 4.78 is 0.232. The number of nitrogens with zero attached hydrogens (tertiary/aromatic N) is 1. The highest BCUT2D eigenvalue weighted by atomic mass is 127. The largest absolute Gasteiger partial charge is 0.405 e. The lowest BCUT2D eigenvalue weighted by Gasteiger charge is -2.21. The number of halogens is 1. The van der Waals surface area contributed by atoms with Gasteiger partial charge in [-0.05, 0) is 110 Å². The van der Waals surface area contributed by atoms with Gasteiger partial charge in [0, 0.05) is 11.8 Å². The van der Waals surface area contributed by atoms with E-state index in [1.165, 1.54) is 60.2 Å². The lowest BCUT2D eigenvalue weighted by molar-refractivity contribution is 0.979. The molecule has 6 aromatic rings. The Balaban J connectivity index is 1.35. The molecule has 1 aliphatic carbocycles. The fourth-order valence-corrected chi connectivity index (χ4v) is 6.98. The van der Waals surface area contributed by atoms with E-state index in [0.717, 1.165) is 29.7 Å². The van der Waals surface area contributed by atoms with Crippen molar-refractivity contribution in [2.24, 2.45) is 5.73 Å². The van der Waals surface area contributed by atoms with Crippen LogP contribution < -0.4 is 5.73 Å². The van der Waals surface area contributed by atoms with Gasteiger partial charge in [-0.3, -0.25) is 4.98 Å². The van der Waals surface area contributed by atoms with Crippen LogP contribution in [0, 0.1) is 0 Å². The molecule has 0 spiro atoms. The van der Waals surface area contributed by atoms with Crippen LogP contribution >= 0.6 is 22.6 Å². The highest BCUT2D eigenvalue weighted by Gasteiger charge is 2.18. The van der Waals surface area contributed by atoms with Gasteiger partial charge in [-0.1, -0.05) is 131 Å². The summed E-state index contributed by atoms with van der Waals surface area (Å²) in [5.74, 6) is 0. The Morgan fingerprint density at radius 1 is 0.705 bits per heavy atom. The second-order valence-electron chi connectivity index (χ2n) is 11.5. The van der Waals surface area contributed by atoms with E-state index in [0.29, 0.717) is 0 Å². The maximum atomic E-state index is 5.46. The smallest absolute Gasteiger partial charge is 0.0702 e. The topological polar surface area (TPSA) is 38.9 Å². The highest BCUT2D eigenvalue weighted by Crippen LogP contribution is 2.44. The van der Waals surface area contributed by atoms with Gasteiger partial charge in [-0.15, -0.1) is 0 Å². The van der Waals surface area contributed by atoms with E-state index in [-0.39, 0.29) is 3.92 Å². The molecule has 3 heteroatoms. The third kappa shape index (κ3) is 5.37. The van der Waals surface area contributed by atoms with Crippen molar-refractivity contribution in [3.05, 3.63) is 157 Å². The minimum Gasteiger partial charge on any atom is -0.405 e. The number of allylic oxidation sites excluding steroid dienone is 7. The van der Waals surface area contributed by atoms with E-state index in [4.69, 9.17) is 10.7 Å². The number of benzene rings is 5. The molecule has 0 saturated carbocycles. The molecule has 1 heterocycles. The molecule has 0 saturated heterocycles. The van der Waals surface area contributed by atoms with Gasteiger partial charge in [0.25, 0.3) is 0 Å². The fraction of sp³-hybridized carbons (Fsp3) is 0.0976. The monoisotopic (exact) mass is 680 g/mol. The van der Waals surface area contributed by atoms with Gasteiger partial charge in [0.2, 0.25) is 0 Å². The van der Waals surface area contributed by atoms with Gasteiger partial charge in [0.1, 0.15) is 0 Å². The molecule has 0 radical (unpaired) electrons. The normalized spacial score (nSPS) is 14.5. The molecule has 2 nitrogen and oxygen atoms in total. The molecule has 1 atom stereocenters. The molecule has 7 rings (SSSR count). The van der Waals surface area contributed by atoms with E-state index < -0.39 is 0 Å². The molecule has 214 valence electrons. The number of alkyl halides is 1. The summed E-state index contributed by atoms with van der Waals surface area (Å²) >= 11 is 2.41. The molecule has 0 fully saturated rings. The molecule has 2 N–H and O–H groups in total. The maximum Gasteiger partial charge on any atom is 0.0702 e. The van der Waals surface area contributed by atoms with Crippen molar-refractivity contribution in [1.29, 1.82) is 0 Å². The Morgan fingerprint density at radius 3 is 1.98 bits per heavy atom. The standard InChI is InChI=1S/C41H33IN2/c1-27-13-15-29(16-14-27)40-34-8-2-4-10-36(34)41(37-11-5-3-9-35(37)40)31-20-18-28-17-19-30(24-33(28)25-31)39-22-21-32(26-44-39)38(42)12-6-7-23-43/h2-13,15,17-26,38H,14,16,43H2,1H3/b12-6-,23-7-. The zero-order chi connectivity index (χ0) is 30.0. The van der Waals surface area contributed by atoms with Crippen LogP contribution in [0.1, 0.15) is 34.8 Å². The summed E-state index contributed by atoms with van der Waals surface area (Å²) in [4.78, 5) is 4.84. The predicted molar refractivity (Wildman–Crippen MR) is 198 cm³/mol. The second-order valence-corrected chi connectivity index (χ2v) is 12.8. The average molecular weight is 681 g/mol. The maximum absolute atomic E-state index is 5.46. The zero-order valence-electron chi connectivity index (χ0n) is 24.7. The first-order valence-corrected chi connectivity index (χ1v) is 16.3. The zero-order valence-corrected chi connectivity index (χ0v) is 26.8. The van der Waals surface area contributed by atoms with Crippen LogP contribution in [0.2, 0.25) is 0 Å². The van der Waals surface area contributed by atoms with Gasteiger partial charge in [-0.2, -0.15) is 0 Å². The number of pyridine rings is 1. The van der Waals surface area contributed by atoms with Crippen LogP contribution in [0.25, 0.3) is 60.3 Å². The summed E-state index contributed by atoms with van der Waals surface area (Å²) in [5.41, 5.74) is 15.5. The first-order valence-electron chi connectivity index (χ1n) is 15.1. The summed E-state index contributed by atoms with van der Waals surface area (Å²) in [5, 5.41) is 7.67. The van der Waals surface area contributed by atoms with E-state index in [1.54, 1.807) is 6.20 Å². The van der Waals surface area contributed by atoms with Gasteiger partial charge < -0.3 is 5.73 Å². The van der Waals surface area contributed by atoms with Crippen molar-refractivity contribution in [1.82, 2.24) is 4.98 Å². The summed E-state index contributed by atoms with van der Waals surface area (Å²) in [6.07, 6.45) is 16.2. The molecule has 0 aliphatic heterocycles. The predicted octanol–water partition coefficient (Wildman–Crippen LogP) is 11.5. The Labute approximate surface area is 272 Å². The third-order valence-electron chi connectivity index (χ3n) is 8.64. The number of nitrogens with two attached hydrogens (primary N) is 1. The van der Waals surface area contributed by atoms with Crippen molar-refractivity contribution in [3.8, 4) is 22.4 Å². The number of hydrogen-bond donors (Lipinski definition) is 1. The number of rotatable bonds is 6. The second kappa shape index (κ2) is 12.3. The molecule has 1 unspecified atom stereocenters. The molecular formula is C41H33IN2. The molecule has 0 bridgehead atoms. The van der Waals surface area contributed by atoms with Gasteiger partial charge in [0.05, 0.1) is 9.62 Å². The Hall–Kier alpha value is -4.48. The molecule has 1 aromatic heterocycles. The lowest BCUT2D eigenvalue weighted by atomic mass is 9.83. The van der Waals surface area contributed by atoms with Crippen molar-refractivity contribution in [3.63, 3.8) is 0 Å². The van der Waals surface area contributed by atoms with Crippen LogP contribution in [-0.4, -0.2) is 4.98 Å². The van der Waals surface area contributed by atoms with Gasteiger partial charge in [0.15, 0.2) is 0 Å². The van der Waals surface area contributed by atoms with E-state index in [9.17, 15) is 0 Å². The summed E-state index contributed by atoms with van der Waals surface area (Å²) in [6.45, 7) is 2.23. The Kier molecular flexibility index (Phi) is 7.88. The first-order chi connectivity index (χ1) is 21.6. The van der Waals surface area contributed by atoms with Gasteiger partial charge >= 0.3 is 0 Å². The molecule has 1 aliphatic rings. The molecular weight excluding hydrogens is 647 g/mol. The van der Waals surface area contributed by atoms with E-state index in [2.05, 4.69) is 145 Å². The molecule has 5 aromatic carbocycles. The van der Waals surface area contributed by atoms with Crippen LogP contribution in [0.4, 0.5) is 0 Å². The SMILES string of the molecule is CC1=CC=C(c2c3ccccc3c(-c3ccc4ccc(-c5ccc(C(I)/C=C\C=C/N)cn5)cc4c3)c3ccccc23)CC1. The Bertz CT molecular complexity index is 2090. The first kappa shape index (κ1) is 28.3. The third-order valence-corrected chi connectivity index (χ3v) is 9.78. The van der Waals surface area contributed by atoms with Crippen molar-refractivity contribution >= 4 is 60.5 Å². The fourth-order valence-electron chi connectivity index (χ4n) is 6.37. The number of hydrogen-bond acceptors (Lipinski definition) is 2. The number of fused-ring (bicyclic) bond motifs is 3. The highest BCUT2D eigenvalue weighted by molar-refractivity contribution is 14.1. The van der Waals surface area contributed by atoms with Crippen LogP contribution in [-0.2, 0) is 0 Å². The minimum atomic E-state index is 0.232. The lowest BCUT2D eigenvalue weighted by Crippen LogP contribution is -1.96. The average Bonchev–Trinajstić information content (AvgIpc) is 3.07.